The molecule has 1 aromatic rings. The molecular formula is C7H8FO3S-. The van der Waals surface area contributed by atoms with E-state index in [2.05, 4.69) is 0 Å². The third kappa shape index (κ3) is 7.33. The summed E-state index contributed by atoms with van der Waals surface area (Å²) in [7, 11) is 0. The Morgan fingerprint density at radius 1 is 1.42 bits per heavy atom. The Balaban J connectivity index is 0.000000261. The van der Waals surface area contributed by atoms with Gasteiger partial charge in [0, 0.05) is 0 Å². The van der Waals surface area contributed by atoms with Crippen LogP contribution in [0.15, 0.2) is 30.3 Å². The molecule has 1 N–H and O–H groups in total. The molecule has 0 aliphatic heterocycles. The molecule has 5 heteroatoms. The van der Waals surface area contributed by atoms with Gasteiger partial charge in [-0.3, -0.25) is 0 Å². The van der Waals surface area contributed by atoms with E-state index in [-0.39, 0.29) is 6.67 Å². The van der Waals surface area contributed by atoms with E-state index in [1.807, 2.05) is 18.2 Å². The lowest BCUT2D eigenvalue weighted by molar-refractivity contribution is 0.436. The second-order valence-corrected chi connectivity index (χ2v) is 2.27. The summed E-state index contributed by atoms with van der Waals surface area (Å²) in [5, 5.41) is 0. The van der Waals surface area contributed by atoms with Crippen molar-refractivity contribution in [3.63, 3.8) is 0 Å². The maximum Gasteiger partial charge on any atom is 0.115 e. The highest BCUT2D eigenvalue weighted by Crippen LogP contribution is 1.98. The molecule has 0 bridgehead atoms. The zero-order valence-corrected chi connectivity index (χ0v) is 6.96. The summed E-state index contributed by atoms with van der Waals surface area (Å²) in [6, 6.07) is 9.06. The van der Waals surface area contributed by atoms with Crippen molar-refractivity contribution in [3.05, 3.63) is 35.9 Å². The first-order valence-corrected chi connectivity index (χ1v) is 4.08. The van der Waals surface area contributed by atoms with Crippen molar-refractivity contribution in [3.8, 4) is 0 Å². The van der Waals surface area contributed by atoms with E-state index in [1.54, 1.807) is 12.1 Å². The second kappa shape index (κ2) is 6.90. The minimum absolute atomic E-state index is 0.360. The Hall–Kier alpha value is -0.780. The van der Waals surface area contributed by atoms with Crippen LogP contribution in [0.2, 0.25) is 0 Å². The minimum Gasteiger partial charge on any atom is -0.750 e. The quantitative estimate of drug-likeness (QED) is 0.684. The monoisotopic (exact) mass is 191 g/mol. The van der Waals surface area contributed by atoms with E-state index in [4.69, 9.17) is 13.3 Å². The van der Waals surface area contributed by atoms with E-state index in [0.29, 0.717) is 0 Å². The van der Waals surface area contributed by atoms with Gasteiger partial charge in [0.1, 0.15) is 6.67 Å². The van der Waals surface area contributed by atoms with Gasteiger partial charge in [0.25, 0.3) is 0 Å². The fourth-order valence-electron chi connectivity index (χ4n) is 0.567. The number of hydrogen-bond acceptors (Lipinski definition) is 2. The van der Waals surface area contributed by atoms with Gasteiger partial charge in [-0.15, -0.1) is 0 Å². The van der Waals surface area contributed by atoms with Crippen LogP contribution < -0.4 is 0 Å². The van der Waals surface area contributed by atoms with Gasteiger partial charge in [0.2, 0.25) is 0 Å². The lowest BCUT2D eigenvalue weighted by Crippen LogP contribution is -1.75. The first kappa shape index (κ1) is 11.2. The number of hydrogen-bond donors (Lipinski definition) is 1. The van der Waals surface area contributed by atoms with E-state index in [9.17, 15) is 4.39 Å². The summed E-state index contributed by atoms with van der Waals surface area (Å²) in [5.74, 6) is 0. The molecule has 0 saturated carbocycles. The van der Waals surface area contributed by atoms with Gasteiger partial charge in [-0.2, -0.15) is 0 Å². The summed E-state index contributed by atoms with van der Waals surface area (Å²) in [6.07, 6.45) is 0. The maximum absolute atomic E-state index is 11.7. The van der Waals surface area contributed by atoms with Crippen molar-refractivity contribution in [2.45, 2.75) is 6.67 Å². The average Bonchev–Trinajstić information content (AvgIpc) is 2.05. The van der Waals surface area contributed by atoms with Crippen LogP contribution >= 0.6 is 0 Å². The summed E-state index contributed by atoms with van der Waals surface area (Å²) in [6.45, 7) is -0.360. The molecule has 0 aliphatic rings. The highest BCUT2D eigenvalue weighted by atomic mass is 32.2. The third-order valence-electron chi connectivity index (χ3n) is 0.997. The summed E-state index contributed by atoms with van der Waals surface area (Å²) >= 11 is -2.86. The van der Waals surface area contributed by atoms with Crippen molar-refractivity contribution in [2.24, 2.45) is 0 Å². The predicted molar refractivity (Wildman–Crippen MR) is 42.8 cm³/mol. The van der Waals surface area contributed by atoms with E-state index in [1.165, 1.54) is 0 Å². The molecule has 68 valence electrons. The van der Waals surface area contributed by atoms with Gasteiger partial charge in [-0.1, -0.05) is 30.3 Å². The van der Waals surface area contributed by atoms with E-state index < -0.39 is 11.4 Å². The van der Waals surface area contributed by atoms with Gasteiger partial charge < -0.3 is 9.11 Å². The molecule has 0 spiro atoms. The van der Waals surface area contributed by atoms with Crippen molar-refractivity contribution in [2.75, 3.05) is 0 Å². The maximum atomic E-state index is 11.7. The average molecular weight is 191 g/mol. The Morgan fingerprint density at radius 3 is 2.08 bits per heavy atom. The molecule has 0 aliphatic carbocycles. The zero-order valence-electron chi connectivity index (χ0n) is 6.14. The molecular weight excluding hydrogens is 183 g/mol. The number of halogens is 1. The van der Waals surface area contributed by atoms with Crippen molar-refractivity contribution >= 4 is 11.4 Å². The van der Waals surface area contributed by atoms with Crippen LogP contribution in [0, 0.1) is 0 Å². The van der Waals surface area contributed by atoms with Gasteiger partial charge in [-0.05, 0) is 5.56 Å². The topological polar surface area (TPSA) is 60.4 Å². The first-order chi connectivity index (χ1) is 5.66. The Bertz CT molecular complexity index is 223. The van der Waals surface area contributed by atoms with Gasteiger partial charge in [0.05, 0.1) is 11.4 Å². The molecule has 0 amide bonds. The van der Waals surface area contributed by atoms with Crippen LogP contribution in [-0.2, 0) is 18.0 Å². The van der Waals surface area contributed by atoms with Gasteiger partial charge >= 0.3 is 0 Å². The van der Waals surface area contributed by atoms with Crippen molar-refractivity contribution < 1.29 is 17.7 Å². The number of alkyl halides is 1. The molecule has 0 saturated heterocycles. The van der Waals surface area contributed by atoms with Crippen LogP contribution in [-0.4, -0.2) is 13.3 Å². The van der Waals surface area contributed by atoms with Gasteiger partial charge in [-0.25, -0.2) is 8.60 Å². The normalized spacial score (nSPS) is 11.2. The van der Waals surface area contributed by atoms with Crippen LogP contribution in [0.4, 0.5) is 4.39 Å². The lowest BCUT2D eigenvalue weighted by atomic mass is 10.2. The molecule has 0 aromatic heterocycles. The Kier molecular flexibility index (Phi) is 6.45. The highest BCUT2D eigenvalue weighted by molar-refractivity contribution is 7.73. The molecule has 3 nitrogen and oxygen atoms in total. The molecule has 12 heavy (non-hydrogen) atoms. The molecule has 1 atom stereocenters. The van der Waals surface area contributed by atoms with Crippen molar-refractivity contribution in [1.29, 1.82) is 0 Å². The summed E-state index contributed by atoms with van der Waals surface area (Å²) in [5.41, 5.74) is 0.743. The minimum atomic E-state index is -2.86. The Labute approximate surface area is 72.3 Å². The number of benzene rings is 1. The molecule has 1 aromatic carbocycles. The van der Waals surface area contributed by atoms with Gasteiger partial charge in [0.15, 0.2) is 0 Å². The molecule has 0 heterocycles. The fraction of sp³-hybridized carbons (Fsp3) is 0.143. The third-order valence-corrected chi connectivity index (χ3v) is 0.997. The zero-order chi connectivity index (χ0) is 9.40. The fourth-order valence-corrected chi connectivity index (χ4v) is 0.567. The standard InChI is InChI=1S/C7H7F.H2O3S/c8-6-7-4-2-1-3-5-7;1-4(2)3/h1-5H,6H2;(H2,1,2,3)/p-1. The lowest BCUT2D eigenvalue weighted by Gasteiger charge is -1.87. The molecule has 1 unspecified atom stereocenters. The molecule has 0 radical (unpaired) electrons. The highest BCUT2D eigenvalue weighted by Gasteiger charge is 1.82. The van der Waals surface area contributed by atoms with Crippen LogP contribution in [0.25, 0.3) is 0 Å². The smallest absolute Gasteiger partial charge is 0.115 e. The van der Waals surface area contributed by atoms with E-state index >= 15 is 0 Å². The molecule has 1 rings (SSSR count). The SMILES string of the molecule is FCc1ccccc1.O=S([O-])O. The van der Waals surface area contributed by atoms with Crippen LogP contribution in [0.3, 0.4) is 0 Å². The van der Waals surface area contributed by atoms with Crippen molar-refractivity contribution in [1.82, 2.24) is 0 Å². The summed E-state index contributed by atoms with van der Waals surface area (Å²) in [4.78, 5) is 0. The largest absolute Gasteiger partial charge is 0.750 e. The second-order valence-electron chi connectivity index (χ2n) is 1.84. The summed E-state index contributed by atoms with van der Waals surface area (Å²) < 4.78 is 35.8. The van der Waals surface area contributed by atoms with Crippen LogP contribution in [0.5, 0.6) is 0 Å². The van der Waals surface area contributed by atoms with E-state index in [0.717, 1.165) is 5.56 Å². The first-order valence-electron chi connectivity index (χ1n) is 3.05. The molecule has 0 fully saturated rings. The number of rotatable bonds is 1. The Morgan fingerprint density at radius 2 is 1.83 bits per heavy atom. The predicted octanol–water partition coefficient (Wildman–Crippen LogP) is 1.49. The van der Waals surface area contributed by atoms with Crippen LogP contribution in [0.1, 0.15) is 5.56 Å².